The van der Waals surface area contributed by atoms with E-state index in [0.29, 0.717) is 43.5 Å². The summed E-state index contributed by atoms with van der Waals surface area (Å²) in [6, 6.07) is 18.4. The number of aryl methyl sites for hydroxylation is 2. The molecule has 1 saturated heterocycles. The Morgan fingerprint density at radius 3 is 2.50 bits per heavy atom. The zero-order valence-corrected chi connectivity index (χ0v) is 18.4. The molecule has 0 bridgehead atoms. The zero-order chi connectivity index (χ0) is 22.5. The Balaban J connectivity index is 1.46. The summed E-state index contributed by atoms with van der Waals surface area (Å²) in [5.41, 5.74) is 3.47. The average molecular weight is 433 g/mol. The smallest absolute Gasteiger partial charge is 0.322 e. The molecule has 0 aliphatic carbocycles. The Bertz CT molecular complexity index is 1080. The van der Waals surface area contributed by atoms with E-state index in [1.165, 1.54) is 0 Å². The summed E-state index contributed by atoms with van der Waals surface area (Å²) in [4.78, 5) is 21.6. The third-order valence-electron chi connectivity index (χ3n) is 5.62. The number of rotatable bonds is 5. The lowest BCUT2D eigenvalue weighted by atomic mass is 10.1. The highest BCUT2D eigenvalue weighted by atomic mass is 16.5. The van der Waals surface area contributed by atoms with E-state index in [2.05, 4.69) is 22.1 Å². The van der Waals surface area contributed by atoms with Gasteiger partial charge < -0.3 is 25.0 Å². The number of para-hydroxylation sites is 1. The standard InChI is InChI=1S/C25H28N4O3/c1-3-19-16-23(24(26-18(19)2)32-22-10-5-4-6-11-22)27-25(31)29-14-12-28(13-15-29)20-8-7-9-21(30)17-20/h4-11,16-17,30H,3,12-15H2,1-2H3,(H,27,31). The molecule has 0 atom stereocenters. The molecule has 1 fully saturated rings. The van der Waals surface area contributed by atoms with Crippen LogP contribution in [-0.2, 0) is 6.42 Å². The molecule has 1 aliphatic heterocycles. The third-order valence-corrected chi connectivity index (χ3v) is 5.62. The highest BCUT2D eigenvalue weighted by molar-refractivity contribution is 5.91. The predicted molar refractivity (Wildman–Crippen MR) is 126 cm³/mol. The Hall–Kier alpha value is -3.74. The van der Waals surface area contributed by atoms with Crippen LogP contribution in [0, 0.1) is 6.92 Å². The molecule has 32 heavy (non-hydrogen) atoms. The first-order chi connectivity index (χ1) is 15.5. The van der Waals surface area contributed by atoms with E-state index in [9.17, 15) is 9.90 Å². The number of urea groups is 1. The first kappa shape index (κ1) is 21.5. The largest absolute Gasteiger partial charge is 0.508 e. The number of ether oxygens (including phenoxy) is 1. The van der Waals surface area contributed by atoms with Gasteiger partial charge in [-0.3, -0.25) is 0 Å². The van der Waals surface area contributed by atoms with Gasteiger partial charge in [0, 0.05) is 43.6 Å². The van der Waals surface area contributed by atoms with E-state index in [-0.39, 0.29) is 11.8 Å². The highest BCUT2D eigenvalue weighted by Crippen LogP contribution is 2.30. The SMILES string of the molecule is CCc1cc(NC(=O)N2CCN(c3cccc(O)c3)CC2)c(Oc2ccccc2)nc1C. The van der Waals surface area contributed by atoms with Crippen LogP contribution in [0.5, 0.6) is 17.4 Å². The van der Waals surface area contributed by atoms with E-state index < -0.39 is 0 Å². The Morgan fingerprint density at radius 1 is 1.06 bits per heavy atom. The van der Waals surface area contributed by atoms with Gasteiger partial charge in [-0.25, -0.2) is 9.78 Å². The summed E-state index contributed by atoms with van der Waals surface area (Å²) >= 11 is 0. The minimum absolute atomic E-state index is 0.175. The van der Waals surface area contributed by atoms with Crippen LogP contribution in [0.1, 0.15) is 18.2 Å². The zero-order valence-electron chi connectivity index (χ0n) is 18.4. The molecular weight excluding hydrogens is 404 g/mol. The van der Waals surface area contributed by atoms with Crippen LogP contribution < -0.4 is 15.0 Å². The second-order valence-corrected chi connectivity index (χ2v) is 7.78. The van der Waals surface area contributed by atoms with Crippen LogP contribution in [0.3, 0.4) is 0 Å². The Morgan fingerprint density at radius 2 is 1.81 bits per heavy atom. The molecule has 0 saturated carbocycles. The maximum Gasteiger partial charge on any atom is 0.322 e. The van der Waals surface area contributed by atoms with Gasteiger partial charge in [-0.1, -0.05) is 31.2 Å². The summed E-state index contributed by atoms with van der Waals surface area (Å²) in [6.45, 7) is 6.55. The number of anilines is 2. The fourth-order valence-corrected chi connectivity index (χ4v) is 3.80. The fraction of sp³-hybridized carbons (Fsp3) is 0.280. The number of pyridine rings is 1. The van der Waals surface area contributed by atoms with Gasteiger partial charge in [-0.15, -0.1) is 0 Å². The highest BCUT2D eigenvalue weighted by Gasteiger charge is 2.23. The van der Waals surface area contributed by atoms with Gasteiger partial charge in [-0.2, -0.15) is 0 Å². The van der Waals surface area contributed by atoms with Gasteiger partial charge in [0.2, 0.25) is 5.88 Å². The van der Waals surface area contributed by atoms with Crippen molar-refractivity contribution in [3.05, 3.63) is 71.9 Å². The molecule has 7 nitrogen and oxygen atoms in total. The van der Waals surface area contributed by atoms with E-state index in [1.54, 1.807) is 17.0 Å². The first-order valence-corrected chi connectivity index (χ1v) is 10.9. The van der Waals surface area contributed by atoms with Gasteiger partial charge in [0.1, 0.15) is 17.2 Å². The van der Waals surface area contributed by atoms with Crippen molar-refractivity contribution in [1.82, 2.24) is 9.88 Å². The Kier molecular flexibility index (Phi) is 6.44. The fourth-order valence-electron chi connectivity index (χ4n) is 3.80. The summed E-state index contributed by atoms with van der Waals surface area (Å²) in [7, 11) is 0. The quantitative estimate of drug-likeness (QED) is 0.605. The third kappa shape index (κ3) is 4.94. The second-order valence-electron chi connectivity index (χ2n) is 7.78. The number of piperazine rings is 1. The molecule has 1 aromatic heterocycles. The second kappa shape index (κ2) is 9.60. The molecule has 1 aliphatic rings. The summed E-state index contributed by atoms with van der Waals surface area (Å²) in [5.74, 6) is 1.30. The van der Waals surface area contributed by atoms with Gasteiger partial charge >= 0.3 is 6.03 Å². The number of carbonyl (C=O) groups excluding carboxylic acids is 1. The van der Waals surface area contributed by atoms with Crippen LogP contribution in [-0.4, -0.2) is 47.2 Å². The topological polar surface area (TPSA) is 77.9 Å². The summed E-state index contributed by atoms with van der Waals surface area (Å²) in [5, 5.41) is 12.7. The van der Waals surface area contributed by atoms with Crippen molar-refractivity contribution in [2.24, 2.45) is 0 Å². The number of amides is 2. The molecule has 3 aromatic rings. The maximum atomic E-state index is 13.0. The van der Waals surface area contributed by atoms with E-state index in [4.69, 9.17) is 4.74 Å². The molecule has 2 aromatic carbocycles. The van der Waals surface area contributed by atoms with Crippen LogP contribution in [0.25, 0.3) is 0 Å². The van der Waals surface area contributed by atoms with Gasteiger partial charge in [0.05, 0.1) is 0 Å². The molecule has 7 heteroatoms. The van der Waals surface area contributed by atoms with Crippen LogP contribution in [0.4, 0.5) is 16.2 Å². The van der Waals surface area contributed by atoms with Crippen molar-refractivity contribution in [3.8, 4) is 17.4 Å². The number of aromatic hydroxyl groups is 1. The lowest BCUT2D eigenvalue weighted by Gasteiger charge is -2.36. The molecule has 2 N–H and O–H groups in total. The first-order valence-electron chi connectivity index (χ1n) is 10.9. The number of phenols is 1. The van der Waals surface area contributed by atoms with Gasteiger partial charge in [-0.05, 0) is 49.2 Å². The van der Waals surface area contributed by atoms with E-state index in [0.717, 1.165) is 23.4 Å². The monoisotopic (exact) mass is 432 g/mol. The molecular formula is C25H28N4O3. The van der Waals surface area contributed by atoms with Crippen molar-refractivity contribution >= 4 is 17.4 Å². The lowest BCUT2D eigenvalue weighted by Crippen LogP contribution is -2.50. The number of aromatic nitrogens is 1. The molecule has 0 spiro atoms. The molecule has 2 amide bonds. The van der Waals surface area contributed by atoms with Gasteiger partial charge in [0.15, 0.2) is 0 Å². The van der Waals surface area contributed by atoms with E-state index >= 15 is 0 Å². The minimum Gasteiger partial charge on any atom is -0.508 e. The number of hydrogen-bond donors (Lipinski definition) is 2. The van der Waals surface area contributed by atoms with Crippen LogP contribution in [0.2, 0.25) is 0 Å². The number of nitrogens with one attached hydrogen (secondary N) is 1. The summed E-state index contributed by atoms with van der Waals surface area (Å²) in [6.07, 6.45) is 0.815. The van der Waals surface area contributed by atoms with Crippen molar-refractivity contribution in [2.75, 3.05) is 36.4 Å². The predicted octanol–water partition coefficient (Wildman–Crippen LogP) is 4.80. The lowest BCUT2D eigenvalue weighted by molar-refractivity contribution is 0.208. The normalized spacial score (nSPS) is 13.7. The molecule has 2 heterocycles. The van der Waals surface area contributed by atoms with Crippen molar-refractivity contribution < 1.29 is 14.6 Å². The minimum atomic E-state index is -0.175. The van der Waals surface area contributed by atoms with Crippen LogP contribution in [0.15, 0.2) is 60.7 Å². The maximum absolute atomic E-state index is 13.0. The molecule has 0 radical (unpaired) electrons. The number of carbonyl (C=O) groups is 1. The van der Waals surface area contributed by atoms with E-state index in [1.807, 2.05) is 55.5 Å². The molecule has 4 rings (SSSR count). The Labute approximate surface area is 188 Å². The number of benzene rings is 2. The summed E-state index contributed by atoms with van der Waals surface area (Å²) < 4.78 is 5.99. The molecule has 0 unspecified atom stereocenters. The van der Waals surface area contributed by atoms with Crippen molar-refractivity contribution in [3.63, 3.8) is 0 Å². The molecule has 166 valence electrons. The number of nitrogens with zero attached hydrogens (tertiary/aromatic N) is 3. The van der Waals surface area contributed by atoms with Crippen molar-refractivity contribution in [1.29, 1.82) is 0 Å². The van der Waals surface area contributed by atoms with Gasteiger partial charge in [0.25, 0.3) is 0 Å². The number of hydrogen-bond acceptors (Lipinski definition) is 5. The van der Waals surface area contributed by atoms with Crippen molar-refractivity contribution in [2.45, 2.75) is 20.3 Å². The van der Waals surface area contributed by atoms with Crippen LogP contribution >= 0.6 is 0 Å². The number of phenolic OH excluding ortho intramolecular Hbond substituents is 1. The average Bonchev–Trinajstić information content (AvgIpc) is 2.81.